The summed E-state index contributed by atoms with van der Waals surface area (Å²) in [6.45, 7) is 6.76. The highest BCUT2D eigenvalue weighted by Gasteiger charge is 2.31. The van der Waals surface area contributed by atoms with Crippen LogP contribution in [0.1, 0.15) is 20.8 Å². The summed E-state index contributed by atoms with van der Waals surface area (Å²) in [5, 5.41) is 0. The third-order valence-electron chi connectivity index (χ3n) is 1.53. The van der Waals surface area contributed by atoms with Crippen molar-refractivity contribution in [1.29, 1.82) is 0 Å². The van der Waals surface area contributed by atoms with Gasteiger partial charge in [0.25, 0.3) is 0 Å². The van der Waals surface area contributed by atoms with Gasteiger partial charge in [0.1, 0.15) is 15.3 Å². The molecular formula is C7H12ClNOS. The summed E-state index contributed by atoms with van der Waals surface area (Å²) in [6.07, 6.45) is 1.79. The van der Waals surface area contributed by atoms with E-state index in [4.69, 9.17) is 11.6 Å². The summed E-state index contributed by atoms with van der Waals surface area (Å²) in [6, 6.07) is 0. The van der Waals surface area contributed by atoms with E-state index in [0.29, 0.717) is 10.9 Å². The first-order valence-corrected chi connectivity index (χ1v) is 4.96. The van der Waals surface area contributed by atoms with Gasteiger partial charge in [0.15, 0.2) is 0 Å². The lowest BCUT2D eigenvalue weighted by molar-refractivity contribution is 0.290. The first-order valence-electron chi connectivity index (χ1n) is 3.48. The number of halogens is 1. The highest BCUT2D eigenvalue weighted by atomic mass is 35.5. The minimum atomic E-state index is -1.11. The molecule has 64 valence electrons. The molecule has 0 aromatic heterocycles. The molecule has 0 fully saturated rings. The second-order valence-electron chi connectivity index (χ2n) is 3.49. The molecule has 0 N–H and O–H groups in total. The van der Waals surface area contributed by atoms with Crippen LogP contribution >= 0.6 is 11.6 Å². The lowest BCUT2D eigenvalue weighted by Crippen LogP contribution is -2.39. The van der Waals surface area contributed by atoms with E-state index in [-0.39, 0.29) is 5.54 Å². The number of nitrogens with zero attached hydrogens (tertiary/aromatic N) is 1. The molecule has 1 heterocycles. The summed E-state index contributed by atoms with van der Waals surface area (Å²) in [7, 11) is -1.11. The largest absolute Gasteiger partial charge is 0.236 e. The molecule has 4 heteroatoms. The van der Waals surface area contributed by atoms with Gasteiger partial charge in [-0.2, -0.15) is 0 Å². The van der Waals surface area contributed by atoms with E-state index in [1.165, 1.54) is 0 Å². The SMILES string of the molecule is CC(C)(C)N1CC=C(Cl)S1=O. The number of rotatable bonds is 0. The average Bonchev–Trinajstić information content (AvgIpc) is 2.11. The lowest BCUT2D eigenvalue weighted by Gasteiger charge is -2.29. The Hall–Kier alpha value is 0.140. The molecule has 2 nitrogen and oxygen atoms in total. The van der Waals surface area contributed by atoms with Gasteiger partial charge in [0.2, 0.25) is 0 Å². The first-order chi connectivity index (χ1) is 4.93. The first kappa shape index (κ1) is 9.23. The molecule has 1 unspecified atom stereocenters. The van der Waals surface area contributed by atoms with Crippen molar-refractivity contribution in [2.24, 2.45) is 0 Å². The smallest absolute Gasteiger partial charge is 0.139 e. The molecule has 1 rings (SSSR count). The number of hydrogen-bond acceptors (Lipinski definition) is 1. The minimum absolute atomic E-state index is 0.0714. The molecule has 0 aromatic carbocycles. The van der Waals surface area contributed by atoms with Gasteiger partial charge in [-0.1, -0.05) is 11.6 Å². The van der Waals surface area contributed by atoms with Crippen LogP contribution in [0.15, 0.2) is 10.4 Å². The lowest BCUT2D eigenvalue weighted by atomic mass is 10.1. The normalized spacial score (nSPS) is 27.3. The molecule has 0 saturated carbocycles. The van der Waals surface area contributed by atoms with Gasteiger partial charge in [-0.15, -0.1) is 0 Å². The fourth-order valence-electron chi connectivity index (χ4n) is 0.922. The van der Waals surface area contributed by atoms with Gasteiger partial charge in [-0.25, -0.2) is 8.51 Å². The van der Waals surface area contributed by atoms with E-state index in [0.717, 1.165) is 0 Å². The van der Waals surface area contributed by atoms with Crippen LogP contribution in [0.4, 0.5) is 0 Å². The Morgan fingerprint density at radius 2 is 2.18 bits per heavy atom. The molecule has 1 atom stereocenters. The van der Waals surface area contributed by atoms with Crippen molar-refractivity contribution in [1.82, 2.24) is 4.31 Å². The molecule has 0 saturated heterocycles. The summed E-state index contributed by atoms with van der Waals surface area (Å²) >= 11 is 5.68. The van der Waals surface area contributed by atoms with Gasteiger partial charge in [-0.3, -0.25) is 0 Å². The van der Waals surface area contributed by atoms with Crippen molar-refractivity contribution in [3.63, 3.8) is 0 Å². The zero-order valence-electron chi connectivity index (χ0n) is 6.93. The van der Waals surface area contributed by atoms with Crippen molar-refractivity contribution in [3.8, 4) is 0 Å². The van der Waals surface area contributed by atoms with Crippen molar-refractivity contribution in [2.75, 3.05) is 6.54 Å². The maximum atomic E-state index is 11.4. The standard InChI is InChI=1S/C7H12ClNOS/c1-7(2,3)9-5-4-6(8)11(9)10/h4H,5H2,1-3H3. The summed E-state index contributed by atoms with van der Waals surface area (Å²) in [4.78, 5) is 0. The van der Waals surface area contributed by atoms with Crippen LogP contribution in [0.3, 0.4) is 0 Å². The van der Waals surface area contributed by atoms with Crippen LogP contribution in [0.5, 0.6) is 0 Å². The Kier molecular flexibility index (Phi) is 2.42. The summed E-state index contributed by atoms with van der Waals surface area (Å²) < 4.78 is 13.7. The Morgan fingerprint density at radius 3 is 2.36 bits per heavy atom. The molecule has 0 radical (unpaired) electrons. The van der Waals surface area contributed by atoms with E-state index >= 15 is 0 Å². The molecule has 0 amide bonds. The van der Waals surface area contributed by atoms with E-state index in [1.807, 2.05) is 25.1 Å². The van der Waals surface area contributed by atoms with Crippen LogP contribution in [0.25, 0.3) is 0 Å². The molecule has 11 heavy (non-hydrogen) atoms. The van der Waals surface area contributed by atoms with Crippen LogP contribution in [-0.4, -0.2) is 20.6 Å². The van der Waals surface area contributed by atoms with Crippen LogP contribution in [0, 0.1) is 0 Å². The number of hydrogen-bond donors (Lipinski definition) is 0. The fraction of sp³-hybridized carbons (Fsp3) is 0.714. The van der Waals surface area contributed by atoms with Crippen molar-refractivity contribution >= 4 is 22.6 Å². The van der Waals surface area contributed by atoms with E-state index in [2.05, 4.69) is 0 Å². The van der Waals surface area contributed by atoms with Gasteiger partial charge in [-0.05, 0) is 26.8 Å². The third-order valence-corrected chi connectivity index (χ3v) is 3.68. The van der Waals surface area contributed by atoms with Gasteiger partial charge >= 0.3 is 0 Å². The van der Waals surface area contributed by atoms with Crippen molar-refractivity contribution in [3.05, 3.63) is 10.4 Å². The van der Waals surface area contributed by atoms with Gasteiger partial charge in [0, 0.05) is 12.1 Å². The monoisotopic (exact) mass is 193 g/mol. The molecule has 1 aliphatic rings. The molecule has 1 aliphatic heterocycles. The second kappa shape index (κ2) is 2.88. The molecule has 0 aliphatic carbocycles. The molecule has 0 spiro atoms. The van der Waals surface area contributed by atoms with E-state index < -0.39 is 11.0 Å². The average molecular weight is 194 g/mol. The fourth-order valence-corrected chi connectivity index (χ4v) is 2.38. The molecular weight excluding hydrogens is 182 g/mol. The zero-order valence-corrected chi connectivity index (χ0v) is 8.50. The van der Waals surface area contributed by atoms with Crippen LogP contribution < -0.4 is 0 Å². The van der Waals surface area contributed by atoms with Crippen molar-refractivity contribution in [2.45, 2.75) is 26.3 Å². The van der Waals surface area contributed by atoms with Crippen LogP contribution in [-0.2, 0) is 11.0 Å². The Bertz CT molecular complexity index is 219. The second-order valence-corrected chi connectivity index (χ2v) is 5.50. The maximum Gasteiger partial charge on any atom is 0.139 e. The highest BCUT2D eigenvalue weighted by Crippen LogP contribution is 2.26. The third kappa shape index (κ3) is 1.83. The van der Waals surface area contributed by atoms with E-state index in [1.54, 1.807) is 6.08 Å². The topological polar surface area (TPSA) is 20.3 Å². The predicted molar refractivity (Wildman–Crippen MR) is 48.5 cm³/mol. The Balaban J connectivity index is 2.76. The summed E-state index contributed by atoms with van der Waals surface area (Å²) in [5.74, 6) is 0. The quantitative estimate of drug-likeness (QED) is 0.575. The summed E-state index contributed by atoms with van der Waals surface area (Å²) in [5.41, 5.74) is -0.0714. The van der Waals surface area contributed by atoms with E-state index in [9.17, 15) is 4.21 Å². The minimum Gasteiger partial charge on any atom is -0.236 e. The molecule has 0 aromatic rings. The van der Waals surface area contributed by atoms with Gasteiger partial charge < -0.3 is 0 Å². The van der Waals surface area contributed by atoms with Crippen LogP contribution in [0.2, 0.25) is 0 Å². The maximum absolute atomic E-state index is 11.4. The van der Waals surface area contributed by atoms with Crippen molar-refractivity contribution < 1.29 is 4.21 Å². The van der Waals surface area contributed by atoms with Gasteiger partial charge in [0.05, 0.1) is 0 Å². The zero-order chi connectivity index (χ0) is 8.65. The Morgan fingerprint density at radius 1 is 1.64 bits per heavy atom. The highest BCUT2D eigenvalue weighted by molar-refractivity contribution is 7.88. The Labute approximate surface area is 74.8 Å². The molecule has 0 bridgehead atoms. The predicted octanol–water partition coefficient (Wildman–Crippen LogP) is 1.84.